The number of aromatic nitrogens is 2. The molecule has 0 spiro atoms. The molecule has 5 heteroatoms. The molecular weight excluding hydrogens is 302 g/mol. The molecule has 0 fully saturated rings. The molecule has 126 valence electrons. The predicted octanol–water partition coefficient (Wildman–Crippen LogP) is 2.71. The first-order valence-corrected chi connectivity index (χ1v) is 8.42. The molecular formula is C19H23N3O2. The zero-order chi connectivity index (χ0) is 17.3. The summed E-state index contributed by atoms with van der Waals surface area (Å²) in [6, 6.07) is 7.16. The molecule has 0 unspecified atom stereocenters. The number of carbonyl (C=O) groups is 1. The van der Waals surface area contributed by atoms with Crippen molar-refractivity contribution >= 4 is 5.91 Å². The number of pyridine rings is 2. The topological polar surface area (TPSA) is 55.2 Å². The number of hydrogen-bond acceptors (Lipinski definition) is 3. The largest absolute Gasteiger partial charge is 0.328 e. The molecule has 2 heterocycles. The average Bonchev–Trinajstić information content (AvgIpc) is 2.57. The zero-order valence-electron chi connectivity index (χ0n) is 14.4. The second kappa shape index (κ2) is 6.59. The number of hydrogen-bond donors (Lipinski definition) is 0. The lowest BCUT2D eigenvalue weighted by Crippen LogP contribution is -2.42. The summed E-state index contributed by atoms with van der Waals surface area (Å²) in [6.45, 7) is 4.02. The Morgan fingerprint density at radius 1 is 1.38 bits per heavy atom. The van der Waals surface area contributed by atoms with Gasteiger partial charge in [0.25, 0.3) is 11.5 Å². The van der Waals surface area contributed by atoms with E-state index >= 15 is 0 Å². The second-order valence-corrected chi connectivity index (χ2v) is 6.63. The first-order valence-electron chi connectivity index (χ1n) is 8.42. The Morgan fingerprint density at radius 2 is 2.17 bits per heavy atom. The van der Waals surface area contributed by atoms with Gasteiger partial charge in [-0.05, 0) is 50.8 Å². The molecule has 1 atom stereocenters. The van der Waals surface area contributed by atoms with Crippen LogP contribution < -0.4 is 5.56 Å². The molecule has 1 aliphatic rings. The van der Waals surface area contributed by atoms with Crippen LogP contribution in [0.3, 0.4) is 0 Å². The third-order valence-corrected chi connectivity index (χ3v) is 4.64. The van der Waals surface area contributed by atoms with E-state index in [-0.39, 0.29) is 23.6 Å². The summed E-state index contributed by atoms with van der Waals surface area (Å²) in [5.41, 5.74) is 2.48. The molecule has 1 aliphatic carbocycles. The zero-order valence-corrected chi connectivity index (χ0v) is 14.4. The predicted molar refractivity (Wildman–Crippen MR) is 92.9 cm³/mol. The Morgan fingerprint density at radius 3 is 2.88 bits per heavy atom. The average molecular weight is 325 g/mol. The summed E-state index contributed by atoms with van der Waals surface area (Å²) in [5, 5.41) is 0. The fourth-order valence-electron chi connectivity index (χ4n) is 3.42. The third-order valence-electron chi connectivity index (χ3n) is 4.64. The Balaban J connectivity index is 2.00. The van der Waals surface area contributed by atoms with E-state index in [4.69, 9.17) is 0 Å². The lowest BCUT2D eigenvalue weighted by molar-refractivity contribution is 0.0576. The quantitative estimate of drug-likeness (QED) is 0.872. The summed E-state index contributed by atoms with van der Waals surface area (Å²) in [6.07, 6.45) is 6.38. The first-order chi connectivity index (χ1) is 11.5. The minimum atomic E-state index is -0.174. The van der Waals surface area contributed by atoms with Crippen molar-refractivity contribution in [3.05, 3.63) is 63.8 Å². The number of carbonyl (C=O) groups excluding carboxylic acids is 1. The molecule has 3 rings (SSSR count). The number of aryl methyl sites for hydroxylation is 2. The van der Waals surface area contributed by atoms with Crippen LogP contribution in [0, 0.1) is 0 Å². The van der Waals surface area contributed by atoms with E-state index in [9.17, 15) is 9.59 Å². The standard InChI is InChI=1S/C19H23N3O2/c1-13(2)22(19(24)15-9-11-21(3)17(23)12-15)16-8-4-6-14-7-5-10-20-18(14)16/h5,7,9-13,16H,4,6,8H2,1-3H3/t16-/m0/s1. The summed E-state index contributed by atoms with van der Waals surface area (Å²) in [4.78, 5) is 31.4. The number of rotatable bonds is 3. The van der Waals surface area contributed by atoms with Gasteiger partial charge in [0.2, 0.25) is 0 Å². The van der Waals surface area contributed by atoms with Gasteiger partial charge in [0.1, 0.15) is 0 Å². The maximum Gasteiger partial charge on any atom is 0.254 e. The van der Waals surface area contributed by atoms with Crippen LogP contribution in [0.25, 0.3) is 0 Å². The van der Waals surface area contributed by atoms with Gasteiger partial charge in [-0.3, -0.25) is 14.6 Å². The van der Waals surface area contributed by atoms with E-state index in [1.165, 1.54) is 16.2 Å². The van der Waals surface area contributed by atoms with Crippen LogP contribution in [-0.4, -0.2) is 26.4 Å². The highest BCUT2D eigenvalue weighted by atomic mass is 16.2. The van der Waals surface area contributed by atoms with Crippen molar-refractivity contribution in [3.8, 4) is 0 Å². The Bertz CT molecular complexity index is 810. The van der Waals surface area contributed by atoms with Gasteiger partial charge in [-0.25, -0.2) is 0 Å². The lowest BCUT2D eigenvalue weighted by atomic mass is 9.90. The van der Waals surface area contributed by atoms with E-state index in [0.717, 1.165) is 25.0 Å². The van der Waals surface area contributed by atoms with Crippen molar-refractivity contribution in [1.29, 1.82) is 0 Å². The molecule has 0 saturated carbocycles. The lowest BCUT2D eigenvalue weighted by Gasteiger charge is -2.37. The molecule has 0 radical (unpaired) electrons. The van der Waals surface area contributed by atoms with Gasteiger partial charge >= 0.3 is 0 Å². The minimum absolute atomic E-state index is 0.0273. The van der Waals surface area contributed by atoms with Gasteiger partial charge in [0.05, 0.1) is 11.7 Å². The van der Waals surface area contributed by atoms with Gasteiger partial charge < -0.3 is 9.47 Å². The van der Waals surface area contributed by atoms with Crippen molar-refractivity contribution in [2.45, 2.75) is 45.2 Å². The maximum atomic E-state index is 13.1. The van der Waals surface area contributed by atoms with Gasteiger partial charge in [-0.1, -0.05) is 6.07 Å². The molecule has 1 amide bonds. The van der Waals surface area contributed by atoms with Crippen LogP contribution in [0.4, 0.5) is 0 Å². The van der Waals surface area contributed by atoms with Crippen molar-refractivity contribution in [3.63, 3.8) is 0 Å². The molecule has 2 aromatic rings. The molecule has 0 saturated heterocycles. The maximum absolute atomic E-state index is 13.1. The smallest absolute Gasteiger partial charge is 0.254 e. The van der Waals surface area contributed by atoms with E-state index in [1.54, 1.807) is 25.5 Å². The summed E-state index contributed by atoms with van der Waals surface area (Å²) >= 11 is 0. The molecule has 0 aliphatic heterocycles. The SMILES string of the molecule is CC(C)N(C(=O)c1ccn(C)c(=O)c1)[C@H]1CCCc2cccnc21. The molecule has 24 heavy (non-hydrogen) atoms. The van der Waals surface area contributed by atoms with Gasteiger partial charge in [-0.15, -0.1) is 0 Å². The summed E-state index contributed by atoms with van der Waals surface area (Å²) in [7, 11) is 1.68. The highest BCUT2D eigenvalue weighted by Gasteiger charge is 2.32. The van der Waals surface area contributed by atoms with Crippen LogP contribution in [0.15, 0.2) is 41.5 Å². The Labute approximate surface area is 141 Å². The van der Waals surface area contributed by atoms with Crippen molar-refractivity contribution in [2.75, 3.05) is 0 Å². The van der Waals surface area contributed by atoms with Crippen molar-refractivity contribution < 1.29 is 4.79 Å². The first kappa shape index (κ1) is 16.4. The van der Waals surface area contributed by atoms with Crippen LogP contribution in [0.2, 0.25) is 0 Å². The summed E-state index contributed by atoms with van der Waals surface area (Å²) in [5.74, 6) is -0.105. The van der Waals surface area contributed by atoms with Gasteiger partial charge in [0, 0.05) is 37.1 Å². The van der Waals surface area contributed by atoms with E-state index in [0.29, 0.717) is 5.56 Å². The Hall–Kier alpha value is -2.43. The molecule has 0 aromatic carbocycles. The minimum Gasteiger partial charge on any atom is -0.328 e. The van der Waals surface area contributed by atoms with Crippen LogP contribution in [0.1, 0.15) is 54.3 Å². The van der Waals surface area contributed by atoms with Gasteiger partial charge in [0.15, 0.2) is 0 Å². The van der Waals surface area contributed by atoms with Crippen LogP contribution >= 0.6 is 0 Å². The fourth-order valence-corrected chi connectivity index (χ4v) is 3.42. The van der Waals surface area contributed by atoms with Gasteiger partial charge in [-0.2, -0.15) is 0 Å². The molecule has 0 bridgehead atoms. The third kappa shape index (κ3) is 2.98. The van der Waals surface area contributed by atoms with Crippen LogP contribution in [-0.2, 0) is 13.5 Å². The van der Waals surface area contributed by atoms with E-state index in [2.05, 4.69) is 11.1 Å². The fraction of sp³-hybridized carbons (Fsp3) is 0.421. The van der Waals surface area contributed by atoms with Crippen molar-refractivity contribution in [1.82, 2.24) is 14.5 Å². The Kier molecular flexibility index (Phi) is 4.51. The summed E-state index contributed by atoms with van der Waals surface area (Å²) < 4.78 is 1.47. The normalized spacial score (nSPS) is 16.8. The van der Waals surface area contributed by atoms with E-state index < -0.39 is 0 Å². The number of fused-ring (bicyclic) bond motifs is 1. The number of amides is 1. The second-order valence-electron chi connectivity index (χ2n) is 6.63. The highest BCUT2D eigenvalue weighted by molar-refractivity contribution is 5.94. The molecule has 5 nitrogen and oxygen atoms in total. The van der Waals surface area contributed by atoms with Crippen LogP contribution in [0.5, 0.6) is 0 Å². The highest BCUT2D eigenvalue weighted by Crippen LogP contribution is 2.34. The van der Waals surface area contributed by atoms with Crippen molar-refractivity contribution in [2.24, 2.45) is 7.05 Å². The molecule has 2 aromatic heterocycles. The molecule has 0 N–H and O–H groups in total. The number of nitrogens with zero attached hydrogens (tertiary/aromatic N) is 3. The van der Waals surface area contributed by atoms with E-state index in [1.807, 2.05) is 24.8 Å². The monoisotopic (exact) mass is 325 g/mol.